The summed E-state index contributed by atoms with van der Waals surface area (Å²) in [5, 5.41) is 3.01. The average Bonchev–Trinajstić information content (AvgIpc) is 2.88. The molecule has 1 saturated carbocycles. The van der Waals surface area contributed by atoms with Crippen LogP contribution in [0.3, 0.4) is 0 Å². The third kappa shape index (κ3) is 2.56. The second-order valence-corrected chi connectivity index (χ2v) is 8.88. The molecule has 1 aliphatic carbocycles. The molecule has 5 heterocycles. The number of halogens is 1. The Morgan fingerprint density at radius 2 is 2.07 bits per heavy atom. The van der Waals surface area contributed by atoms with Gasteiger partial charge in [0.05, 0.1) is 6.20 Å². The minimum atomic E-state index is -0.862. The van der Waals surface area contributed by atoms with E-state index in [0.29, 0.717) is 5.92 Å². The Bertz CT molecular complexity index is 836. The molecule has 9 heteroatoms. The molecule has 1 aromatic heterocycles. The summed E-state index contributed by atoms with van der Waals surface area (Å²) in [6, 6.07) is 0. The molecule has 1 aromatic rings. The van der Waals surface area contributed by atoms with Crippen LogP contribution in [-0.2, 0) is 19.2 Å². The molecule has 4 aliphatic heterocycles. The highest BCUT2D eigenvalue weighted by atomic mass is 19.1. The van der Waals surface area contributed by atoms with E-state index in [1.54, 1.807) is 0 Å². The van der Waals surface area contributed by atoms with Crippen molar-refractivity contribution < 1.29 is 23.6 Å². The molecule has 5 aliphatic rings. The van der Waals surface area contributed by atoms with Crippen molar-refractivity contribution in [2.24, 2.45) is 23.7 Å². The molecule has 0 radical (unpaired) electrons. The second kappa shape index (κ2) is 6.22. The maximum absolute atomic E-state index is 14.1. The van der Waals surface area contributed by atoms with Gasteiger partial charge in [-0.25, -0.2) is 19.0 Å². The Labute approximate surface area is 162 Å². The smallest absolute Gasteiger partial charge is 0.343 e. The third-order valence-electron chi connectivity index (χ3n) is 7.21. The lowest BCUT2D eigenvalue weighted by molar-refractivity contribution is -0.570. The molecule has 2 unspecified atom stereocenters. The van der Waals surface area contributed by atoms with Crippen LogP contribution in [0.2, 0.25) is 0 Å². The van der Waals surface area contributed by atoms with Crippen molar-refractivity contribution in [2.75, 3.05) is 5.32 Å². The molecule has 154 valence electrons. The summed E-state index contributed by atoms with van der Waals surface area (Å²) in [7, 11) is 0. The number of H-pyrrole nitrogens is 1. The van der Waals surface area contributed by atoms with E-state index >= 15 is 0 Å². The molecule has 0 amide bonds. The fourth-order valence-corrected chi connectivity index (χ4v) is 5.70. The zero-order valence-corrected chi connectivity index (χ0v) is 16.2. The van der Waals surface area contributed by atoms with Gasteiger partial charge in [-0.2, -0.15) is 4.98 Å². The quantitative estimate of drug-likeness (QED) is 0.743. The standard InChI is InChI=1S/C19H26FN3O5/c1-9-4-5-12-10(2)15(22-14-13(20)8-21-17(24)23-14)25-16-19(12)11(9)6-7-18(3,26-16)27-28-19/h8-12,15-16H,4-7H2,1-3H3,(H2,21,22,23,24)/t9-,10-,11+,12?,15?,16-,18-,19-/m1/s1. The first-order chi connectivity index (χ1) is 13.3. The van der Waals surface area contributed by atoms with Gasteiger partial charge in [-0.05, 0) is 38.0 Å². The van der Waals surface area contributed by atoms with E-state index in [9.17, 15) is 9.18 Å². The van der Waals surface area contributed by atoms with Gasteiger partial charge in [0.25, 0.3) is 0 Å². The maximum Gasteiger partial charge on any atom is 0.346 e. The van der Waals surface area contributed by atoms with Crippen LogP contribution in [0.4, 0.5) is 10.2 Å². The van der Waals surface area contributed by atoms with Gasteiger partial charge in [0.2, 0.25) is 5.79 Å². The fraction of sp³-hybridized carbons (Fsp3) is 0.789. The molecule has 0 aromatic carbocycles. The van der Waals surface area contributed by atoms with Gasteiger partial charge in [0.1, 0.15) is 12.0 Å². The van der Waals surface area contributed by atoms with Gasteiger partial charge in [0, 0.05) is 18.3 Å². The van der Waals surface area contributed by atoms with Gasteiger partial charge in [0.15, 0.2) is 17.7 Å². The van der Waals surface area contributed by atoms with Crippen LogP contribution >= 0.6 is 0 Å². The Kier molecular flexibility index (Phi) is 4.11. The maximum atomic E-state index is 14.1. The Hall–Kier alpha value is -1.55. The van der Waals surface area contributed by atoms with E-state index in [4.69, 9.17) is 19.2 Å². The molecular formula is C19H26FN3O5. The molecule has 8 atom stereocenters. The van der Waals surface area contributed by atoms with Crippen LogP contribution in [0.5, 0.6) is 0 Å². The van der Waals surface area contributed by atoms with Crippen LogP contribution in [0.15, 0.2) is 11.0 Å². The number of anilines is 1. The molecule has 8 nitrogen and oxygen atoms in total. The van der Waals surface area contributed by atoms with E-state index in [-0.39, 0.29) is 23.6 Å². The Morgan fingerprint density at radius 3 is 2.89 bits per heavy atom. The number of nitrogens with one attached hydrogen (secondary N) is 2. The SMILES string of the molecule is C[C@H]1C(Nc2[nH]c(=O)ncc2F)O[C@@H]2O[C@@]3(C)CC[C@H]4[C@H](C)CCC1[C@@]24OO3. The molecule has 2 N–H and O–H groups in total. The number of fused-ring (bicyclic) bond motifs is 2. The minimum absolute atomic E-state index is 0.0167. The lowest BCUT2D eigenvalue weighted by Crippen LogP contribution is -2.71. The van der Waals surface area contributed by atoms with E-state index < -0.39 is 35.4 Å². The first-order valence-corrected chi connectivity index (χ1v) is 10.0. The van der Waals surface area contributed by atoms with Gasteiger partial charge < -0.3 is 14.8 Å². The Morgan fingerprint density at radius 1 is 1.25 bits per heavy atom. The molecule has 6 rings (SSSR count). The van der Waals surface area contributed by atoms with Crippen molar-refractivity contribution >= 4 is 5.82 Å². The van der Waals surface area contributed by atoms with Crippen molar-refractivity contribution in [3.63, 3.8) is 0 Å². The number of rotatable bonds is 2. The number of aromatic nitrogens is 2. The highest BCUT2D eigenvalue weighted by Crippen LogP contribution is 2.60. The van der Waals surface area contributed by atoms with Crippen molar-refractivity contribution in [1.82, 2.24) is 9.97 Å². The van der Waals surface area contributed by atoms with Gasteiger partial charge in [-0.3, -0.25) is 4.98 Å². The summed E-state index contributed by atoms with van der Waals surface area (Å²) in [5.41, 5.74) is -1.29. The van der Waals surface area contributed by atoms with Crippen LogP contribution < -0.4 is 11.0 Å². The zero-order valence-electron chi connectivity index (χ0n) is 16.2. The van der Waals surface area contributed by atoms with Gasteiger partial charge in [-0.15, -0.1) is 0 Å². The van der Waals surface area contributed by atoms with E-state index in [1.807, 2.05) is 6.92 Å². The van der Waals surface area contributed by atoms with Gasteiger partial charge in [-0.1, -0.05) is 13.8 Å². The van der Waals surface area contributed by atoms with E-state index in [2.05, 4.69) is 29.1 Å². The lowest BCUT2D eigenvalue weighted by atomic mass is 9.58. The zero-order chi connectivity index (χ0) is 19.7. The number of nitrogens with zero attached hydrogens (tertiary/aromatic N) is 1. The molecule has 4 saturated heterocycles. The minimum Gasteiger partial charge on any atom is -0.343 e. The number of aromatic amines is 1. The van der Waals surface area contributed by atoms with Crippen LogP contribution in [-0.4, -0.2) is 33.9 Å². The molecule has 1 spiro atoms. The van der Waals surface area contributed by atoms with Crippen molar-refractivity contribution in [2.45, 2.75) is 70.4 Å². The first kappa shape index (κ1) is 18.5. The highest BCUT2D eigenvalue weighted by molar-refractivity contribution is 5.35. The summed E-state index contributed by atoms with van der Waals surface area (Å²) in [6.07, 6.45) is 3.43. The van der Waals surface area contributed by atoms with Crippen molar-refractivity contribution in [1.29, 1.82) is 0 Å². The highest BCUT2D eigenvalue weighted by Gasteiger charge is 2.69. The predicted molar refractivity (Wildman–Crippen MR) is 95.3 cm³/mol. The van der Waals surface area contributed by atoms with Crippen molar-refractivity contribution in [3.05, 3.63) is 22.5 Å². The number of ether oxygens (including phenoxy) is 2. The summed E-state index contributed by atoms with van der Waals surface area (Å²) < 4.78 is 26.7. The predicted octanol–water partition coefficient (Wildman–Crippen LogP) is 2.53. The second-order valence-electron chi connectivity index (χ2n) is 8.88. The Balaban J connectivity index is 1.51. The number of hydrogen-bond acceptors (Lipinski definition) is 7. The largest absolute Gasteiger partial charge is 0.346 e. The molecular weight excluding hydrogens is 369 g/mol. The van der Waals surface area contributed by atoms with Crippen LogP contribution in [0.25, 0.3) is 0 Å². The molecule has 28 heavy (non-hydrogen) atoms. The molecule has 5 fully saturated rings. The normalized spacial score (nSPS) is 47.3. The van der Waals surface area contributed by atoms with Crippen LogP contribution in [0.1, 0.15) is 46.5 Å². The van der Waals surface area contributed by atoms with E-state index in [1.165, 1.54) is 0 Å². The number of hydrogen-bond donors (Lipinski definition) is 2. The van der Waals surface area contributed by atoms with E-state index in [0.717, 1.165) is 31.9 Å². The monoisotopic (exact) mass is 395 g/mol. The topological polar surface area (TPSA) is 94.7 Å². The van der Waals surface area contributed by atoms with Crippen LogP contribution in [0, 0.1) is 29.5 Å². The summed E-state index contributed by atoms with van der Waals surface area (Å²) >= 11 is 0. The molecule has 2 bridgehead atoms. The lowest BCUT2D eigenvalue weighted by Gasteiger charge is -2.60. The van der Waals surface area contributed by atoms with Gasteiger partial charge >= 0.3 is 5.69 Å². The fourth-order valence-electron chi connectivity index (χ4n) is 5.70. The first-order valence-electron chi connectivity index (χ1n) is 10.0. The summed E-state index contributed by atoms with van der Waals surface area (Å²) in [5.74, 6) is -0.696. The van der Waals surface area contributed by atoms with Crippen molar-refractivity contribution in [3.8, 4) is 0 Å². The average molecular weight is 395 g/mol. The summed E-state index contributed by atoms with van der Waals surface area (Å²) in [4.78, 5) is 29.2. The third-order valence-corrected chi connectivity index (χ3v) is 7.21. The summed E-state index contributed by atoms with van der Waals surface area (Å²) in [6.45, 7) is 6.17.